The van der Waals surface area contributed by atoms with Gasteiger partial charge in [0.15, 0.2) is 6.10 Å². The summed E-state index contributed by atoms with van der Waals surface area (Å²) in [6.07, 6.45) is 82.5. The quantitative estimate of drug-likeness (QED) is 0.0195. The van der Waals surface area contributed by atoms with E-state index < -0.39 is 32.5 Å². The minimum Gasteiger partial charge on any atom is -0.756 e. The number of likely N-dealkylation sites (N-methyl/N-ethyl adjacent to an activating group) is 1. The van der Waals surface area contributed by atoms with Crippen LogP contribution in [0.15, 0.2) is 122 Å². The fourth-order valence-corrected chi connectivity index (χ4v) is 8.97. The number of hydrogen-bond donors (Lipinski definition) is 0. The Morgan fingerprint density at radius 3 is 1.03 bits per heavy atom. The van der Waals surface area contributed by atoms with Gasteiger partial charge in [0.2, 0.25) is 0 Å². The van der Waals surface area contributed by atoms with E-state index in [-0.39, 0.29) is 26.1 Å². The number of phosphoric ester groups is 1. The molecule has 0 aromatic rings. The lowest BCUT2D eigenvalue weighted by molar-refractivity contribution is -0.870. The van der Waals surface area contributed by atoms with Gasteiger partial charge in [-0.1, -0.05) is 251 Å². The topological polar surface area (TPSA) is 111 Å². The molecule has 0 bridgehead atoms. The Morgan fingerprint density at radius 1 is 0.397 bits per heavy atom. The first-order valence-electron chi connectivity index (χ1n) is 31.2. The van der Waals surface area contributed by atoms with Crippen molar-refractivity contribution in [2.24, 2.45) is 0 Å². The highest BCUT2D eigenvalue weighted by atomic mass is 31.2. The highest BCUT2D eigenvalue weighted by molar-refractivity contribution is 7.45. The Kier molecular flexibility index (Phi) is 55.4. The number of phosphoric acid groups is 1. The van der Waals surface area contributed by atoms with Crippen LogP contribution in [0.2, 0.25) is 0 Å². The Hall–Kier alpha value is -3.59. The number of quaternary nitrogens is 1. The van der Waals surface area contributed by atoms with Crippen LogP contribution in [0.3, 0.4) is 0 Å². The molecule has 0 N–H and O–H groups in total. The average molecular weight is 1110 g/mol. The van der Waals surface area contributed by atoms with Gasteiger partial charge in [0.05, 0.1) is 27.7 Å². The highest BCUT2D eigenvalue weighted by Crippen LogP contribution is 2.38. The molecule has 0 aliphatic rings. The van der Waals surface area contributed by atoms with Crippen molar-refractivity contribution < 1.29 is 42.1 Å². The predicted octanol–water partition coefficient (Wildman–Crippen LogP) is 19.3. The number of allylic oxidation sites excluding steroid dienone is 20. The molecule has 0 aliphatic heterocycles. The molecule has 0 heterocycles. The lowest BCUT2D eigenvalue weighted by atomic mass is 10.0. The second kappa shape index (κ2) is 58.1. The van der Waals surface area contributed by atoms with Crippen molar-refractivity contribution in [2.75, 3.05) is 47.5 Å². The van der Waals surface area contributed by atoms with E-state index >= 15 is 0 Å². The maximum atomic E-state index is 12.8. The lowest BCUT2D eigenvalue weighted by Crippen LogP contribution is -2.37. The van der Waals surface area contributed by atoms with Crippen molar-refractivity contribution in [3.63, 3.8) is 0 Å². The van der Waals surface area contributed by atoms with Crippen molar-refractivity contribution >= 4 is 19.8 Å². The van der Waals surface area contributed by atoms with Gasteiger partial charge in [0.1, 0.15) is 19.8 Å². The van der Waals surface area contributed by atoms with E-state index in [4.69, 9.17) is 18.5 Å². The third kappa shape index (κ3) is 61.6. The molecular formula is C68H116NO8P. The summed E-state index contributed by atoms with van der Waals surface area (Å²) in [7, 11) is 1.15. The van der Waals surface area contributed by atoms with E-state index in [1.54, 1.807) is 0 Å². The number of ether oxygens (including phenoxy) is 2. The molecule has 0 aromatic heterocycles. The van der Waals surface area contributed by atoms with Gasteiger partial charge in [-0.15, -0.1) is 0 Å². The summed E-state index contributed by atoms with van der Waals surface area (Å²) in [4.78, 5) is 38.0. The zero-order valence-electron chi connectivity index (χ0n) is 50.6. The first-order chi connectivity index (χ1) is 38.0. The van der Waals surface area contributed by atoms with Gasteiger partial charge >= 0.3 is 11.9 Å². The fraction of sp³-hybridized carbons (Fsp3) is 0.676. The van der Waals surface area contributed by atoms with Crippen molar-refractivity contribution in [1.29, 1.82) is 0 Å². The van der Waals surface area contributed by atoms with E-state index in [1.165, 1.54) is 96.3 Å². The third-order valence-electron chi connectivity index (χ3n) is 13.0. The Labute approximate surface area is 479 Å². The van der Waals surface area contributed by atoms with Crippen LogP contribution in [0.5, 0.6) is 0 Å². The third-order valence-corrected chi connectivity index (χ3v) is 13.9. The SMILES string of the molecule is CC/C=C\C/C=C\C/C=C\C/C=C\C/C=C\CCCCCCCCCCCCCCCCCC(=O)OC(COC(=O)CCCCCCCCC/C=C\C/C=C\C/C=C\C/C=C\C/C=C\CC)COP(=O)([O-])OCC[N+](C)(C)C. The molecular weight excluding hydrogens is 990 g/mol. The first-order valence-corrected chi connectivity index (χ1v) is 32.7. The van der Waals surface area contributed by atoms with Crippen LogP contribution in [-0.2, 0) is 32.7 Å². The first kappa shape index (κ1) is 74.4. The van der Waals surface area contributed by atoms with E-state index in [2.05, 4.69) is 135 Å². The van der Waals surface area contributed by atoms with Gasteiger partial charge in [0.25, 0.3) is 7.82 Å². The van der Waals surface area contributed by atoms with Crippen LogP contribution >= 0.6 is 7.82 Å². The molecule has 0 saturated carbocycles. The van der Waals surface area contributed by atoms with Crippen LogP contribution in [-0.4, -0.2) is 70.0 Å². The van der Waals surface area contributed by atoms with Gasteiger partial charge in [-0.3, -0.25) is 14.2 Å². The second-order valence-corrected chi connectivity index (χ2v) is 23.1. The van der Waals surface area contributed by atoms with E-state index in [0.717, 1.165) is 109 Å². The molecule has 0 spiro atoms. The molecule has 0 amide bonds. The molecule has 0 saturated heterocycles. The highest BCUT2D eigenvalue weighted by Gasteiger charge is 2.22. The summed E-state index contributed by atoms with van der Waals surface area (Å²) >= 11 is 0. The molecule has 0 aliphatic carbocycles. The smallest absolute Gasteiger partial charge is 0.306 e. The maximum Gasteiger partial charge on any atom is 0.306 e. The maximum absolute atomic E-state index is 12.8. The molecule has 0 fully saturated rings. The van der Waals surface area contributed by atoms with Gasteiger partial charge in [-0.05, 0) is 103 Å². The van der Waals surface area contributed by atoms with Crippen LogP contribution in [0.25, 0.3) is 0 Å². The molecule has 0 radical (unpaired) electrons. The fourth-order valence-electron chi connectivity index (χ4n) is 8.24. The summed E-state index contributed by atoms with van der Waals surface area (Å²) < 4.78 is 34.2. The Morgan fingerprint density at radius 2 is 0.692 bits per heavy atom. The number of rotatable bonds is 56. The molecule has 2 atom stereocenters. The Bertz CT molecular complexity index is 1730. The zero-order valence-corrected chi connectivity index (χ0v) is 51.5. The molecule has 0 aromatic carbocycles. The summed E-state index contributed by atoms with van der Waals surface area (Å²) in [5, 5.41) is 0. The standard InChI is InChI=1S/C68H116NO8P/c1-6-8-10-12-14-16-18-20-22-24-26-28-30-31-32-33-34-35-36-37-39-41-43-45-47-49-51-53-55-57-59-61-68(71)77-66(65-76-78(72,73)75-63-62-69(3,4)5)64-74-67(70)60-58-56-54-52-50-48-46-44-42-40-38-29-27-25-23-21-19-17-15-13-11-9-7-2/h8-11,14-17,20-23,26-29,31-32,40,42,66H,6-7,12-13,18-19,24-25,30,33-39,41,43-65H2,1-5H3/b10-8-,11-9-,16-14-,17-15-,22-20-,23-21-,28-26-,29-27-,32-31-,42-40-. The molecule has 446 valence electrons. The number of nitrogens with zero attached hydrogens (tertiary/aromatic N) is 1. The van der Waals surface area contributed by atoms with Crippen LogP contribution < -0.4 is 4.89 Å². The number of carbonyl (C=O) groups excluding carboxylic acids is 2. The summed E-state index contributed by atoms with van der Waals surface area (Å²) in [5.41, 5.74) is 0. The van der Waals surface area contributed by atoms with E-state index in [0.29, 0.717) is 23.9 Å². The van der Waals surface area contributed by atoms with Gasteiger partial charge in [0, 0.05) is 12.8 Å². The predicted molar refractivity (Wildman–Crippen MR) is 332 cm³/mol. The van der Waals surface area contributed by atoms with Crippen molar-refractivity contribution in [1.82, 2.24) is 0 Å². The van der Waals surface area contributed by atoms with E-state index in [9.17, 15) is 19.0 Å². The summed E-state index contributed by atoms with van der Waals surface area (Å²) in [6, 6.07) is 0. The molecule has 2 unspecified atom stereocenters. The van der Waals surface area contributed by atoms with Crippen molar-refractivity contribution in [3.8, 4) is 0 Å². The van der Waals surface area contributed by atoms with Gasteiger partial charge < -0.3 is 27.9 Å². The van der Waals surface area contributed by atoms with E-state index in [1.807, 2.05) is 21.1 Å². The van der Waals surface area contributed by atoms with Gasteiger partial charge in [-0.25, -0.2) is 0 Å². The average Bonchev–Trinajstić information content (AvgIpc) is 3.40. The monoisotopic (exact) mass is 1110 g/mol. The molecule has 78 heavy (non-hydrogen) atoms. The van der Waals surface area contributed by atoms with Crippen LogP contribution in [0, 0.1) is 0 Å². The lowest BCUT2D eigenvalue weighted by Gasteiger charge is -2.28. The minimum atomic E-state index is -4.65. The van der Waals surface area contributed by atoms with Crippen LogP contribution in [0.4, 0.5) is 0 Å². The number of hydrogen-bond acceptors (Lipinski definition) is 8. The number of carbonyl (C=O) groups is 2. The largest absolute Gasteiger partial charge is 0.756 e. The zero-order chi connectivity index (χ0) is 57.0. The minimum absolute atomic E-state index is 0.0382. The van der Waals surface area contributed by atoms with Crippen molar-refractivity contribution in [2.45, 2.75) is 251 Å². The molecule has 10 heteroatoms. The summed E-state index contributed by atoms with van der Waals surface area (Å²) in [5.74, 6) is -0.849. The van der Waals surface area contributed by atoms with Gasteiger partial charge in [-0.2, -0.15) is 0 Å². The Balaban J connectivity index is 4.14. The van der Waals surface area contributed by atoms with Crippen molar-refractivity contribution in [3.05, 3.63) is 122 Å². The molecule has 0 rings (SSSR count). The number of unbranched alkanes of at least 4 members (excludes halogenated alkanes) is 22. The molecule has 9 nitrogen and oxygen atoms in total. The normalized spacial score (nSPS) is 14.1. The number of esters is 2. The second-order valence-electron chi connectivity index (χ2n) is 21.7. The summed E-state index contributed by atoms with van der Waals surface area (Å²) in [6.45, 7) is 4.00. The van der Waals surface area contributed by atoms with Crippen LogP contribution in [0.1, 0.15) is 245 Å².